The van der Waals surface area contributed by atoms with E-state index in [4.69, 9.17) is 9.47 Å². The Morgan fingerprint density at radius 1 is 1.36 bits per heavy atom. The van der Waals surface area contributed by atoms with E-state index in [-0.39, 0.29) is 24.7 Å². The van der Waals surface area contributed by atoms with Gasteiger partial charge in [-0.3, -0.25) is 9.78 Å². The van der Waals surface area contributed by atoms with Gasteiger partial charge in [-0.05, 0) is 36.2 Å². The van der Waals surface area contributed by atoms with E-state index in [0.717, 1.165) is 12.0 Å². The fourth-order valence-electron chi connectivity index (χ4n) is 3.04. The van der Waals surface area contributed by atoms with Gasteiger partial charge in [0.25, 0.3) is 5.91 Å². The first-order valence-electron chi connectivity index (χ1n) is 8.27. The zero-order chi connectivity index (χ0) is 17.6. The molecule has 0 bridgehead atoms. The number of aliphatic hydroxyl groups excluding tert-OH is 1. The van der Waals surface area contributed by atoms with Crippen LogP contribution in [0.3, 0.4) is 0 Å². The molecule has 2 atom stereocenters. The zero-order valence-electron chi connectivity index (χ0n) is 14.2. The fraction of sp³-hybridized carbons (Fsp3) is 0.368. The van der Waals surface area contributed by atoms with Crippen LogP contribution in [0.2, 0.25) is 0 Å². The fourth-order valence-corrected chi connectivity index (χ4v) is 3.04. The van der Waals surface area contributed by atoms with Gasteiger partial charge in [-0.25, -0.2) is 0 Å². The van der Waals surface area contributed by atoms with Crippen molar-refractivity contribution in [3.05, 3.63) is 59.9 Å². The summed E-state index contributed by atoms with van der Waals surface area (Å²) in [6, 6.07) is 10.6. The zero-order valence-corrected chi connectivity index (χ0v) is 14.2. The minimum atomic E-state index is -0.0879. The van der Waals surface area contributed by atoms with Crippen molar-refractivity contribution in [1.29, 1.82) is 0 Å². The Bertz CT molecular complexity index is 708. The van der Waals surface area contributed by atoms with Gasteiger partial charge >= 0.3 is 0 Å². The van der Waals surface area contributed by atoms with Gasteiger partial charge in [0, 0.05) is 25.4 Å². The van der Waals surface area contributed by atoms with Crippen molar-refractivity contribution < 1.29 is 19.4 Å². The number of benzene rings is 1. The molecule has 1 aromatic heterocycles. The molecule has 6 nitrogen and oxygen atoms in total. The highest BCUT2D eigenvalue weighted by molar-refractivity contribution is 5.94. The number of hydrogen-bond donors (Lipinski definition) is 1. The second kappa shape index (κ2) is 8.09. The average Bonchev–Trinajstić information content (AvgIpc) is 3.10. The Kier molecular flexibility index (Phi) is 5.63. The summed E-state index contributed by atoms with van der Waals surface area (Å²) < 4.78 is 11.2. The molecule has 0 radical (unpaired) electrons. The maximum absolute atomic E-state index is 12.9. The molecule has 1 N–H and O–H groups in total. The van der Waals surface area contributed by atoms with Crippen LogP contribution in [0.25, 0.3) is 0 Å². The lowest BCUT2D eigenvalue weighted by Gasteiger charge is -2.24. The van der Waals surface area contributed by atoms with Crippen LogP contribution in [0, 0.1) is 0 Å². The largest absolute Gasteiger partial charge is 0.490 e. The van der Waals surface area contributed by atoms with Gasteiger partial charge in [0.05, 0.1) is 24.9 Å². The molecule has 2 heterocycles. The monoisotopic (exact) mass is 342 g/mol. The van der Waals surface area contributed by atoms with E-state index >= 15 is 0 Å². The quantitative estimate of drug-likeness (QED) is 0.868. The van der Waals surface area contributed by atoms with Gasteiger partial charge < -0.3 is 19.5 Å². The number of aromatic nitrogens is 1. The van der Waals surface area contributed by atoms with Gasteiger partial charge in [0.2, 0.25) is 0 Å². The minimum Gasteiger partial charge on any atom is -0.490 e. The Balaban J connectivity index is 1.73. The molecule has 1 saturated heterocycles. The van der Waals surface area contributed by atoms with Gasteiger partial charge in [0.1, 0.15) is 12.4 Å². The number of rotatable bonds is 6. The number of hydrogen-bond acceptors (Lipinski definition) is 5. The predicted molar refractivity (Wildman–Crippen MR) is 92.3 cm³/mol. The Hall–Kier alpha value is -2.44. The Morgan fingerprint density at radius 3 is 2.96 bits per heavy atom. The van der Waals surface area contributed by atoms with Crippen molar-refractivity contribution in [2.45, 2.75) is 25.2 Å². The van der Waals surface area contributed by atoms with Crippen LogP contribution < -0.4 is 4.74 Å². The number of aliphatic hydroxyl groups is 1. The molecular formula is C19H22N2O4. The number of likely N-dealkylation sites (tertiary alicyclic amines) is 1. The second-order valence-corrected chi connectivity index (χ2v) is 6.06. The third-order valence-corrected chi connectivity index (χ3v) is 4.40. The lowest BCUT2D eigenvalue weighted by molar-refractivity contribution is 0.0657. The third kappa shape index (κ3) is 4.15. The first-order valence-corrected chi connectivity index (χ1v) is 8.27. The molecule has 1 aliphatic rings. The van der Waals surface area contributed by atoms with Gasteiger partial charge in [-0.1, -0.05) is 12.1 Å². The van der Waals surface area contributed by atoms with E-state index in [1.165, 1.54) is 0 Å². The number of carbonyl (C=O) groups excluding carboxylic acids is 1. The number of ether oxygens (including phenoxy) is 2. The summed E-state index contributed by atoms with van der Waals surface area (Å²) in [6.07, 6.45) is 4.06. The molecular weight excluding hydrogens is 320 g/mol. The summed E-state index contributed by atoms with van der Waals surface area (Å²) in [5.74, 6) is 0.604. The van der Waals surface area contributed by atoms with Crippen molar-refractivity contribution in [3.8, 4) is 5.75 Å². The standard InChI is InChI=1S/C19H22N2O4/c1-24-18-9-16(13-25-17-6-3-7-20-10-17)21(11-18)19(23)15-5-2-4-14(8-15)12-22/h2-8,10,16,18,22H,9,11-13H2,1H3/t16-,18+/m0/s1. The summed E-state index contributed by atoms with van der Waals surface area (Å²) in [4.78, 5) is 18.7. The molecule has 0 unspecified atom stereocenters. The molecule has 132 valence electrons. The van der Waals surface area contributed by atoms with Crippen molar-refractivity contribution in [1.82, 2.24) is 9.88 Å². The highest BCUT2D eigenvalue weighted by Crippen LogP contribution is 2.24. The van der Waals surface area contributed by atoms with Gasteiger partial charge in [-0.15, -0.1) is 0 Å². The molecule has 2 aromatic rings. The molecule has 1 amide bonds. The first-order chi connectivity index (χ1) is 12.2. The number of methoxy groups -OCH3 is 1. The van der Waals surface area contributed by atoms with Crippen LogP contribution in [0.1, 0.15) is 22.3 Å². The van der Waals surface area contributed by atoms with E-state index in [1.54, 1.807) is 48.7 Å². The third-order valence-electron chi connectivity index (χ3n) is 4.40. The molecule has 6 heteroatoms. The summed E-state index contributed by atoms with van der Waals surface area (Å²) in [5.41, 5.74) is 1.28. The summed E-state index contributed by atoms with van der Waals surface area (Å²) in [7, 11) is 1.66. The Morgan fingerprint density at radius 2 is 2.24 bits per heavy atom. The number of nitrogens with zero attached hydrogens (tertiary/aromatic N) is 2. The van der Waals surface area contributed by atoms with Crippen LogP contribution in [0.5, 0.6) is 5.75 Å². The summed E-state index contributed by atoms with van der Waals surface area (Å²) in [6.45, 7) is 0.825. The predicted octanol–water partition coefficient (Wildman–Crippen LogP) is 1.88. The highest BCUT2D eigenvalue weighted by Gasteiger charge is 2.36. The summed E-state index contributed by atoms with van der Waals surface area (Å²) >= 11 is 0. The average molecular weight is 342 g/mol. The molecule has 25 heavy (non-hydrogen) atoms. The van der Waals surface area contributed by atoms with Crippen molar-refractivity contribution in [2.75, 3.05) is 20.3 Å². The van der Waals surface area contributed by atoms with Crippen molar-refractivity contribution in [2.24, 2.45) is 0 Å². The lowest BCUT2D eigenvalue weighted by atomic mass is 10.1. The van der Waals surface area contributed by atoms with E-state index in [9.17, 15) is 9.90 Å². The SMILES string of the molecule is CO[C@@H]1C[C@@H](COc2cccnc2)N(C(=O)c2cccc(CO)c2)C1. The van der Waals surface area contributed by atoms with Crippen LogP contribution in [-0.4, -0.2) is 53.3 Å². The van der Waals surface area contributed by atoms with E-state index in [0.29, 0.717) is 24.5 Å². The van der Waals surface area contributed by atoms with E-state index in [1.807, 2.05) is 12.1 Å². The van der Waals surface area contributed by atoms with Crippen LogP contribution in [0.15, 0.2) is 48.8 Å². The molecule has 0 aliphatic carbocycles. The first kappa shape index (κ1) is 17.4. The Labute approximate surface area is 147 Å². The van der Waals surface area contributed by atoms with Crippen LogP contribution in [-0.2, 0) is 11.3 Å². The number of pyridine rings is 1. The maximum Gasteiger partial charge on any atom is 0.254 e. The van der Waals surface area contributed by atoms with Crippen molar-refractivity contribution in [3.63, 3.8) is 0 Å². The van der Waals surface area contributed by atoms with Crippen LogP contribution >= 0.6 is 0 Å². The summed E-state index contributed by atoms with van der Waals surface area (Å²) in [5, 5.41) is 9.28. The molecule has 1 aliphatic heterocycles. The normalized spacial score (nSPS) is 19.8. The molecule has 1 aromatic carbocycles. The molecule has 0 spiro atoms. The maximum atomic E-state index is 12.9. The number of amides is 1. The number of carbonyl (C=O) groups is 1. The second-order valence-electron chi connectivity index (χ2n) is 6.06. The van der Waals surface area contributed by atoms with E-state index < -0.39 is 0 Å². The van der Waals surface area contributed by atoms with Gasteiger partial charge in [0.15, 0.2) is 0 Å². The topological polar surface area (TPSA) is 71.9 Å². The minimum absolute atomic E-state index is 0.00697. The van der Waals surface area contributed by atoms with Crippen molar-refractivity contribution >= 4 is 5.91 Å². The van der Waals surface area contributed by atoms with Crippen LogP contribution in [0.4, 0.5) is 0 Å². The smallest absolute Gasteiger partial charge is 0.254 e. The molecule has 0 saturated carbocycles. The molecule has 3 rings (SSSR count). The molecule has 1 fully saturated rings. The van der Waals surface area contributed by atoms with Gasteiger partial charge in [-0.2, -0.15) is 0 Å². The lowest BCUT2D eigenvalue weighted by Crippen LogP contribution is -2.39. The highest BCUT2D eigenvalue weighted by atomic mass is 16.5. The van der Waals surface area contributed by atoms with E-state index in [2.05, 4.69) is 4.98 Å².